The Bertz CT molecular complexity index is 225. The molecule has 0 radical (unpaired) electrons. The molecule has 0 aromatic rings. The van der Waals surface area contributed by atoms with Crippen LogP contribution in [0.1, 0.15) is 78.6 Å². The second kappa shape index (κ2) is 13.4. The summed E-state index contributed by atoms with van der Waals surface area (Å²) in [5, 5.41) is 10.3. The summed E-state index contributed by atoms with van der Waals surface area (Å²) in [5.74, 6) is -1.11. The molecule has 1 rings (SSSR count). The molecule has 1 N–H and O–H groups in total. The van der Waals surface area contributed by atoms with Crippen LogP contribution in [0.15, 0.2) is 0 Å². The number of hydrogen-bond acceptors (Lipinski definition) is 2. The Labute approximate surface area is 125 Å². The van der Waals surface area contributed by atoms with Crippen molar-refractivity contribution in [2.75, 3.05) is 19.6 Å². The van der Waals surface area contributed by atoms with Crippen LogP contribution < -0.4 is 10.0 Å². The maximum Gasteiger partial charge on any atom is 0.0770 e. The van der Waals surface area contributed by atoms with Crippen LogP contribution >= 0.6 is 0 Å². The van der Waals surface area contributed by atoms with Gasteiger partial charge in [0.2, 0.25) is 0 Å². The van der Waals surface area contributed by atoms with Crippen molar-refractivity contribution in [3.63, 3.8) is 0 Å². The molecule has 0 aromatic carbocycles. The van der Waals surface area contributed by atoms with Crippen molar-refractivity contribution in [3.05, 3.63) is 0 Å². The van der Waals surface area contributed by atoms with Gasteiger partial charge in [-0.05, 0) is 44.4 Å². The lowest BCUT2D eigenvalue weighted by atomic mass is 10.00. The smallest absolute Gasteiger partial charge is 0.0770 e. The summed E-state index contributed by atoms with van der Waals surface area (Å²) in [6.07, 6.45) is 10.7. The highest BCUT2D eigenvalue weighted by atomic mass is 16.4. The number of carboxylic acids is 1. The highest BCUT2D eigenvalue weighted by Crippen LogP contribution is 2.10. The molecule has 3 nitrogen and oxygen atoms in total. The van der Waals surface area contributed by atoms with Crippen LogP contribution in [0.2, 0.25) is 0 Å². The second-order valence-corrected chi connectivity index (χ2v) is 5.98. The number of unbranched alkanes of at least 4 members (excludes halogenated alkanes) is 2. The highest BCUT2D eigenvalue weighted by molar-refractivity contribution is 5.67. The van der Waals surface area contributed by atoms with Crippen molar-refractivity contribution in [1.29, 1.82) is 0 Å². The zero-order valence-corrected chi connectivity index (χ0v) is 13.9. The summed E-state index contributed by atoms with van der Waals surface area (Å²) in [5.41, 5.74) is 0. The topological polar surface area (TPSA) is 44.6 Å². The molecule has 0 spiro atoms. The normalized spacial score (nSPS) is 17.1. The Kier molecular flexibility index (Phi) is 13.0. The highest BCUT2D eigenvalue weighted by Gasteiger charge is 2.11. The Morgan fingerprint density at radius 2 is 1.65 bits per heavy atom. The van der Waals surface area contributed by atoms with E-state index in [0.29, 0.717) is 6.42 Å². The first kappa shape index (κ1) is 19.4. The van der Waals surface area contributed by atoms with Gasteiger partial charge in [0.15, 0.2) is 0 Å². The van der Waals surface area contributed by atoms with Crippen LogP contribution in [0, 0.1) is 5.92 Å². The predicted molar refractivity (Wildman–Crippen MR) is 82.6 cm³/mol. The third kappa shape index (κ3) is 10.2. The third-order valence-corrected chi connectivity index (χ3v) is 4.18. The number of rotatable bonds is 8. The molecule has 1 aliphatic heterocycles. The van der Waals surface area contributed by atoms with Gasteiger partial charge in [0.1, 0.15) is 0 Å². The van der Waals surface area contributed by atoms with Gasteiger partial charge in [-0.2, -0.15) is 0 Å². The summed E-state index contributed by atoms with van der Waals surface area (Å²) in [6.45, 7) is 10.5. The first-order valence-corrected chi connectivity index (χ1v) is 8.70. The molecule has 0 amide bonds. The molecule has 1 saturated heterocycles. The van der Waals surface area contributed by atoms with Gasteiger partial charge in [0, 0.05) is 5.97 Å². The number of piperidine rings is 1. The van der Waals surface area contributed by atoms with E-state index >= 15 is 0 Å². The minimum Gasteiger partial charge on any atom is -0.550 e. The number of nitrogens with one attached hydrogen (secondary N) is 1. The monoisotopic (exact) mass is 285 g/mol. The van der Waals surface area contributed by atoms with Crippen molar-refractivity contribution in [1.82, 2.24) is 0 Å². The molecule has 1 heterocycles. The first-order valence-electron chi connectivity index (χ1n) is 8.70. The largest absolute Gasteiger partial charge is 0.550 e. The van der Waals surface area contributed by atoms with Gasteiger partial charge in [-0.25, -0.2) is 0 Å². The van der Waals surface area contributed by atoms with E-state index in [4.69, 9.17) is 0 Å². The van der Waals surface area contributed by atoms with Crippen LogP contribution in [-0.4, -0.2) is 25.6 Å². The Balaban J connectivity index is 0.000000361. The lowest BCUT2D eigenvalue weighted by molar-refractivity contribution is -0.905. The zero-order valence-electron chi connectivity index (χ0n) is 13.9. The van der Waals surface area contributed by atoms with Gasteiger partial charge in [0.25, 0.3) is 0 Å². The van der Waals surface area contributed by atoms with E-state index < -0.39 is 5.97 Å². The van der Waals surface area contributed by atoms with Crippen molar-refractivity contribution >= 4 is 5.97 Å². The molecule has 1 unspecified atom stereocenters. The summed E-state index contributed by atoms with van der Waals surface area (Å²) in [6, 6.07) is 0. The van der Waals surface area contributed by atoms with Crippen molar-refractivity contribution < 1.29 is 14.8 Å². The van der Waals surface area contributed by atoms with Crippen molar-refractivity contribution in [3.8, 4) is 0 Å². The number of carbonyl (C=O) groups is 1. The molecule has 0 aliphatic carbocycles. The number of quaternary nitrogens is 1. The van der Waals surface area contributed by atoms with E-state index in [1.807, 2.05) is 11.8 Å². The van der Waals surface area contributed by atoms with Crippen LogP contribution in [0.3, 0.4) is 0 Å². The fourth-order valence-electron chi connectivity index (χ4n) is 2.67. The summed E-state index contributed by atoms with van der Waals surface area (Å²) < 4.78 is 0. The Morgan fingerprint density at radius 3 is 2.10 bits per heavy atom. The fraction of sp³-hybridized carbons (Fsp3) is 0.941. The van der Waals surface area contributed by atoms with E-state index in [9.17, 15) is 9.90 Å². The van der Waals surface area contributed by atoms with E-state index in [2.05, 4.69) is 13.8 Å². The molecular weight excluding hydrogens is 250 g/mol. The maximum absolute atomic E-state index is 10.3. The number of carbonyl (C=O) groups excluding carboxylic acids is 1. The molecular formula is C17H35NO2. The average molecular weight is 285 g/mol. The van der Waals surface area contributed by atoms with E-state index in [-0.39, 0.29) is 5.92 Å². The number of aliphatic carboxylic acids is 1. The SMILES string of the molecule is CCCCC(CC)C(=O)[O-].CCCC[NH+]1CCCCC1. The van der Waals surface area contributed by atoms with Crippen molar-refractivity contribution in [2.45, 2.75) is 78.6 Å². The average Bonchev–Trinajstić information content (AvgIpc) is 2.47. The van der Waals surface area contributed by atoms with Crippen LogP contribution in [-0.2, 0) is 4.79 Å². The molecule has 1 atom stereocenters. The Morgan fingerprint density at radius 1 is 1.05 bits per heavy atom. The minimum atomic E-state index is -0.893. The van der Waals surface area contributed by atoms with E-state index in [1.165, 1.54) is 51.7 Å². The molecule has 120 valence electrons. The van der Waals surface area contributed by atoms with Crippen molar-refractivity contribution in [2.24, 2.45) is 5.92 Å². The van der Waals surface area contributed by atoms with Crippen LogP contribution in [0.5, 0.6) is 0 Å². The molecule has 20 heavy (non-hydrogen) atoms. The molecule has 3 heteroatoms. The summed E-state index contributed by atoms with van der Waals surface area (Å²) >= 11 is 0. The van der Waals surface area contributed by atoms with Gasteiger partial charge in [0.05, 0.1) is 19.6 Å². The molecule has 0 aromatic heterocycles. The fourth-order valence-corrected chi connectivity index (χ4v) is 2.67. The van der Waals surface area contributed by atoms with E-state index in [0.717, 1.165) is 19.3 Å². The summed E-state index contributed by atoms with van der Waals surface area (Å²) in [4.78, 5) is 12.2. The Hall–Kier alpha value is -0.570. The lowest BCUT2D eigenvalue weighted by Crippen LogP contribution is -3.12. The van der Waals surface area contributed by atoms with Gasteiger partial charge >= 0.3 is 0 Å². The number of carboxylic acid groups (broad SMARTS) is 1. The summed E-state index contributed by atoms with van der Waals surface area (Å²) in [7, 11) is 0. The second-order valence-electron chi connectivity index (χ2n) is 5.98. The molecule has 0 saturated carbocycles. The van der Waals surface area contributed by atoms with Gasteiger partial charge in [-0.3, -0.25) is 0 Å². The lowest BCUT2D eigenvalue weighted by Gasteiger charge is -2.22. The number of hydrogen-bond donors (Lipinski definition) is 1. The third-order valence-electron chi connectivity index (χ3n) is 4.18. The quantitative estimate of drug-likeness (QED) is 0.739. The molecule has 0 bridgehead atoms. The zero-order chi connectivity index (χ0) is 15.2. The van der Waals surface area contributed by atoms with Gasteiger partial charge in [-0.15, -0.1) is 0 Å². The standard InChI is InChI=1S/C9H19N.C8H16O2/c1-2-3-7-10-8-5-4-6-9-10;1-3-5-6-7(4-2)8(9)10/h2-9H2,1H3;7H,3-6H2,1-2H3,(H,9,10). The van der Waals surface area contributed by atoms with Gasteiger partial charge < -0.3 is 14.8 Å². The predicted octanol–water partition coefficient (Wildman–Crippen LogP) is 1.81. The number of likely N-dealkylation sites (tertiary alicyclic amines) is 1. The minimum absolute atomic E-state index is 0.222. The van der Waals surface area contributed by atoms with Crippen LogP contribution in [0.25, 0.3) is 0 Å². The van der Waals surface area contributed by atoms with Gasteiger partial charge in [-0.1, -0.05) is 40.0 Å². The molecule has 1 aliphatic rings. The van der Waals surface area contributed by atoms with Crippen LogP contribution in [0.4, 0.5) is 0 Å². The first-order chi connectivity index (χ1) is 9.65. The molecule has 1 fully saturated rings. The van der Waals surface area contributed by atoms with E-state index in [1.54, 1.807) is 0 Å². The maximum atomic E-state index is 10.3.